The van der Waals surface area contributed by atoms with Gasteiger partial charge in [-0.05, 0) is 37.1 Å². The SMILES string of the molecule is Cn1ccc(NC(=O)N2CCCC(c3nc(-c4ccc(Cl)cc4)no3)C2)n1. The van der Waals surface area contributed by atoms with Crippen molar-refractivity contribution in [3.05, 3.63) is 47.4 Å². The van der Waals surface area contributed by atoms with Crippen LogP contribution in [0.5, 0.6) is 0 Å². The summed E-state index contributed by atoms with van der Waals surface area (Å²) in [5, 5.41) is 11.7. The first-order chi connectivity index (χ1) is 13.1. The minimum Gasteiger partial charge on any atom is -0.339 e. The molecule has 0 aliphatic carbocycles. The summed E-state index contributed by atoms with van der Waals surface area (Å²) in [6.07, 6.45) is 3.56. The molecule has 3 aromatic rings. The van der Waals surface area contributed by atoms with Gasteiger partial charge in [0, 0.05) is 43.0 Å². The summed E-state index contributed by atoms with van der Waals surface area (Å²) in [6.45, 7) is 1.22. The molecule has 1 unspecified atom stereocenters. The third kappa shape index (κ3) is 3.95. The predicted molar refractivity (Wildman–Crippen MR) is 101 cm³/mol. The number of halogens is 1. The summed E-state index contributed by atoms with van der Waals surface area (Å²) >= 11 is 5.92. The molecular formula is C18H19ClN6O2. The summed E-state index contributed by atoms with van der Waals surface area (Å²) in [5.74, 6) is 1.63. The van der Waals surface area contributed by atoms with Crippen molar-refractivity contribution in [3.8, 4) is 11.4 Å². The zero-order chi connectivity index (χ0) is 18.8. The second kappa shape index (κ2) is 7.40. The number of carbonyl (C=O) groups excluding carboxylic acids is 1. The van der Waals surface area contributed by atoms with Crippen LogP contribution in [0, 0.1) is 0 Å². The Bertz CT molecular complexity index is 935. The minimum absolute atomic E-state index is 0.0155. The molecule has 1 atom stereocenters. The van der Waals surface area contributed by atoms with Crippen LogP contribution in [-0.2, 0) is 7.05 Å². The van der Waals surface area contributed by atoms with Crippen molar-refractivity contribution in [3.63, 3.8) is 0 Å². The third-order valence-corrected chi connectivity index (χ3v) is 4.80. The summed E-state index contributed by atoms with van der Waals surface area (Å²) in [4.78, 5) is 18.8. The van der Waals surface area contributed by atoms with Gasteiger partial charge in [0.05, 0.1) is 5.92 Å². The zero-order valence-corrected chi connectivity index (χ0v) is 15.6. The van der Waals surface area contributed by atoms with Gasteiger partial charge in [0.1, 0.15) is 0 Å². The van der Waals surface area contributed by atoms with E-state index in [1.165, 1.54) is 0 Å². The van der Waals surface area contributed by atoms with E-state index in [1.54, 1.807) is 41.0 Å². The summed E-state index contributed by atoms with van der Waals surface area (Å²) in [5.41, 5.74) is 0.843. The molecule has 0 spiro atoms. The number of nitrogens with one attached hydrogen (secondary N) is 1. The van der Waals surface area contributed by atoms with Crippen LogP contribution in [0.15, 0.2) is 41.1 Å². The molecule has 2 aromatic heterocycles. The van der Waals surface area contributed by atoms with Crippen LogP contribution < -0.4 is 5.32 Å². The van der Waals surface area contributed by atoms with Gasteiger partial charge in [-0.3, -0.25) is 10.00 Å². The van der Waals surface area contributed by atoms with Gasteiger partial charge in [0.15, 0.2) is 5.82 Å². The first kappa shape index (κ1) is 17.5. The lowest BCUT2D eigenvalue weighted by atomic mass is 9.98. The second-order valence-electron chi connectivity index (χ2n) is 6.55. The molecule has 8 nitrogen and oxygen atoms in total. The molecule has 4 rings (SSSR count). The number of hydrogen-bond acceptors (Lipinski definition) is 5. The van der Waals surface area contributed by atoms with Gasteiger partial charge < -0.3 is 9.42 Å². The van der Waals surface area contributed by atoms with Gasteiger partial charge in [-0.2, -0.15) is 10.1 Å². The number of aryl methyl sites for hydroxylation is 1. The molecule has 1 aliphatic rings. The van der Waals surface area contributed by atoms with E-state index >= 15 is 0 Å². The Balaban J connectivity index is 1.43. The Morgan fingerprint density at radius 3 is 2.85 bits per heavy atom. The van der Waals surface area contributed by atoms with Gasteiger partial charge in [-0.15, -0.1) is 0 Å². The van der Waals surface area contributed by atoms with Gasteiger partial charge in [-0.25, -0.2) is 4.79 Å². The maximum atomic E-state index is 12.5. The highest BCUT2D eigenvalue weighted by molar-refractivity contribution is 6.30. The van der Waals surface area contributed by atoms with Gasteiger partial charge in [-0.1, -0.05) is 16.8 Å². The molecule has 1 saturated heterocycles. The van der Waals surface area contributed by atoms with E-state index in [1.807, 2.05) is 12.1 Å². The molecule has 0 radical (unpaired) electrons. The number of amides is 2. The van der Waals surface area contributed by atoms with Gasteiger partial charge in [0.2, 0.25) is 11.7 Å². The number of rotatable bonds is 3. The van der Waals surface area contributed by atoms with E-state index < -0.39 is 0 Å². The molecule has 9 heteroatoms. The Morgan fingerprint density at radius 2 is 2.11 bits per heavy atom. The molecule has 140 valence electrons. The summed E-state index contributed by atoms with van der Waals surface area (Å²) in [6, 6.07) is 8.87. The highest BCUT2D eigenvalue weighted by atomic mass is 35.5. The topological polar surface area (TPSA) is 89.1 Å². The quantitative estimate of drug-likeness (QED) is 0.743. The monoisotopic (exact) mass is 386 g/mol. The molecule has 2 amide bonds. The normalized spacial score (nSPS) is 17.1. The Labute approximate surface area is 161 Å². The lowest BCUT2D eigenvalue weighted by Crippen LogP contribution is -2.41. The standard InChI is InChI=1S/C18H19ClN6O2/c1-24-10-8-15(22-24)20-18(26)25-9-2-3-13(11-25)17-21-16(23-27-17)12-4-6-14(19)7-5-12/h4-8,10,13H,2-3,9,11H2,1H3,(H,20,22,26). The van der Waals surface area contributed by atoms with Crippen molar-refractivity contribution in [2.75, 3.05) is 18.4 Å². The van der Waals surface area contributed by atoms with Crippen LogP contribution in [-0.4, -0.2) is 43.9 Å². The van der Waals surface area contributed by atoms with E-state index in [4.69, 9.17) is 16.1 Å². The van der Waals surface area contributed by atoms with Crippen LogP contribution in [0.25, 0.3) is 11.4 Å². The molecule has 0 bridgehead atoms. The minimum atomic E-state index is -0.171. The van der Waals surface area contributed by atoms with Crippen molar-refractivity contribution >= 4 is 23.4 Å². The number of benzene rings is 1. The van der Waals surface area contributed by atoms with Gasteiger partial charge in [0.25, 0.3) is 0 Å². The zero-order valence-electron chi connectivity index (χ0n) is 14.8. The van der Waals surface area contributed by atoms with Crippen molar-refractivity contribution in [2.45, 2.75) is 18.8 Å². The average Bonchev–Trinajstić information content (AvgIpc) is 3.32. The number of nitrogens with zero attached hydrogens (tertiary/aromatic N) is 5. The number of carbonyl (C=O) groups is 1. The lowest BCUT2D eigenvalue weighted by Gasteiger charge is -2.30. The fourth-order valence-electron chi connectivity index (χ4n) is 3.15. The maximum absolute atomic E-state index is 12.5. The molecule has 3 heterocycles. The number of aromatic nitrogens is 4. The van der Waals surface area contributed by atoms with Crippen LogP contribution >= 0.6 is 11.6 Å². The Hall–Kier alpha value is -2.87. The number of likely N-dealkylation sites (tertiary alicyclic amines) is 1. The van der Waals surface area contributed by atoms with Crippen molar-refractivity contribution < 1.29 is 9.32 Å². The molecule has 1 aliphatic heterocycles. The largest absolute Gasteiger partial charge is 0.339 e. The average molecular weight is 387 g/mol. The first-order valence-corrected chi connectivity index (χ1v) is 9.11. The number of hydrogen-bond donors (Lipinski definition) is 1. The van der Waals surface area contributed by atoms with E-state index in [9.17, 15) is 4.79 Å². The predicted octanol–water partition coefficient (Wildman–Crippen LogP) is 3.54. The molecule has 1 fully saturated rings. The highest BCUT2D eigenvalue weighted by Gasteiger charge is 2.29. The number of urea groups is 1. The van der Waals surface area contributed by atoms with Crippen molar-refractivity contribution in [1.29, 1.82) is 0 Å². The maximum Gasteiger partial charge on any atom is 0.323 e. The number of anilines is 1. The summed E-state index contributed by atoms with van der Waals surface area (Å²) in [7, 11) is 1.81. The molecule has 1 aromatic carbocycles. The van der Waals surface area contributed by atoms with Crippen LogP contribution in [0.2, 0.25) is 5.02 Å². The lowest BCUT2D eigenvalue weighted by molar-refractivity contribution is 0.184. The van der Waals surface area contributed by atoms with Crippen LogP contribution in [0.3, 0.4) is 0 Å². The fraction of sp³-hybridized carbons (Fsp3) is 0.333. The number of piperidine rings is 1. The third-order valence-electron chi connectivity index (χ3n) is 4.55. The van der Waals surface area contributed by atoms with Gasteiger partial charge >= 0.3 is 6.03 Å². The Kier molecular flexibility index (Phi) is 4.81. The molecule has 0 saturated carbocycles. The highest BCUT2D eigenvalue weighted by Crippen LogP contribution is 2.28. The Morgan fingerprint density at radius 1 is 1.30 bits per heavy atom. The van der Waals surface area contributed by atoms with Crippen molar-refractivity contribution in [2.24, 2.45) is 7.05 Å². The molecule has 27 heavy (non-hydrogen) atoms. The summed E-state index contributed by atoms with van der Waals surface area (Å²) < 4.78 is 7.11. The van der Waals surface area contributed by atoms with E-state index in [0.29, 0.717) is 35.6 Å². The first-order valence-electron chi connectivity index (χ1n) is 8.73. The fourth-order valence-corrected chi connectivity index (χ4v) is 3.28. The second-order valence-corrected chi connectivity index (χ2v) is 6.99. The van der Waals surface area contributed by atoms with E-state index in [2.05, 4.69) is 20.6 Å². The van der Waals surface area contributed by atoms with Crippen molar-refractivity contribution in [1.82, 2.24) is 24.8 Å². The smallest absolute Gasteiger partial charge is 0.323 e. The van der Waals surface area contributed by atoms with E-state index in [0.717, 1.165) is 18.4 Å². The van der Waals surface area contributed by atoms with Crippen LogP contribution in [0.1, 0.15) is 24.7 Å². The molecule has 1 N–H and O–H groups in total. The van der Waals surface area contributed by atoms with E-state index in [-0.39, 0.29) is 11.9 Å². The molecular weight excluding hydrogens is 368 g/mol. The van der Waals surface area contributed by atoms with Crippen LogP contribution in [0.4, 0.5) is 10.6 Å².